The zero-order valence-electron chi connectivity index (χ0n) is 10.6. The molecule has 0 atom stereocenters. The van der Waals surface area contributed by atoms with Crippen LogP contribution in [-0.4, -0.2) is 17.4 Å². The highest BCUT2D eigenvalue weighted by molar-refractivity contribution is 8.04. The highest BCUT2D eigenvalue weighted by Gasteiger charge is 2.33. The monoisotopic (exact) mass is 273 g/mol. The first kappa shape index (κ1) is 12.5. The molecule has 4 heteroatoms. The maximum Gasteiger partial charge on any atom is 0.242 e. The molecule has 0 radical (unpaired) electrons. The van der Waals surface area contributed by atoms with Gasteiger partial charge in [-0.2, -0.15) is 0 Å². The second-order valence-electron chi connectivity index (χ2n) is 4.77. The normalized spacial score (nSPS) is 24.1. The molecule has 3 nitrogen and oxygen atoms in total. The lowest BCUT2D eigenvalue weighted by atomic mass is 9.94. The number of Topliss-reactive ketones (excluding diaryl/α,β-unsaturated/α-hetero) is 1. The Kier molecular flexibility index (Phi) is 3.42. The number of thioether (sulfide) groups is 1. The van der Waals surface area contributed by atoms with E-state index in [2.05, 4.69) is 0 Å². The Balaban J connectivity index is 2.03. The molecular formula is C15H15NO2S. The van der Waals surface area contributed by atoms with Crippen LogP contribution in [0.25, 0.3) is 0 Å². The van der Waals surface area contributed by atoms with E-state index in [1.165, 1.54) is 11.8 Å². The topological polar surface area (TPSA) is 37.4 Å². The molecule has 2 aliphatic rings. The lowest BCUT2D eigenvalue weighted by Crippen LogP contribution is -2.26. The fourth-order valence-electron chi connectivity index (χ4n) is 2.54. The fourth-order valence-corrected chi connectivity index (χ4v) is 3.65. The van der Waals surface area contributed by atoms with Crippen LogP contribution in [0.4, 0.5) is 5.69 Å². The second kappa shape index (κ2) is 5.21. The summed E-state index contributed by atoms with van der Waals surface area (Å²) in [4.78, 5) is 25.9. The predicted octanol–water partition coefficient (Wildman–Crippen LogP) is 3.12. The Bertz CT molecular complexity index is 551. The summed E-state index contributed by atoms with van der Waals surface area (Å²) in [6.07, 6.45) is 3.44. The van der Waals surface area contributed by atoms with E-state index in [1.807, 2.05) is 30.3 Å². The van der Waals surface area contributed by atoms with Gasteiger partial charge in [-0.15, -0.1) is 0 Å². The van der Waals surface area contributed by atoms with Gasteiger partial charge in [0.05, 0.1) is 10.8 Å². The zero-order valence-corrected chi connectivity index (χ0v) is 11.4. The van der Waals surface area contributed by atoms with Crippen molar-refractivity contribution in [3.63, 3.8) is 0 Å². The maximum absolute atomic E-state index is 12.1. The van der Waals surface area contributed by atoms with Crippen molar-refractivity contribution in [3.8, 4) is 0 Å². The van der Waals surface area contributed by atoms with Crippen molar-refractivity contribution in [2.24, 2.45) is 0 Å². The standard InChI is InChI=1S/C15H15NO2S/c17-13-9-5-4-8-12(13)15-16(14(18)10-19-15)11-6-2-1-3-7-11/h1-3,6-7H,4-5,8-10H2. The summed E-state index contributed by atoms with van der Waals surface area (Å²) in [6.45, 7) is 0. The van der Waals surface area contributed by atoms with Crippen molar-refractivity contribution < 1.29 is 9.59 Å². The molecule has 2 fully saturated rings. The van der Waals surface area contributed by atoms with E-state index >= 15 is 0 Å². The second-order valence-corrected chi connectivity index (χ2v) is 5.73. The van der Waals surface area contributed by atoms with E-state index in [0.29, 0.717) is 12.2 Å². The van der Waals surface area contributed by atoms with Crippen molar-refractivity contribution in [2.75, 3.05) is 10.7 Å². The molecule has 1 aliphatic carbocycles. The van der Waals surface area contributed by atoms with Crippen molar-refractivity contribution >= 4 is 29.1 Å². The summed E-state index contributed by atoms with van der Waals surface area (Å²) in [6, 6.07) is 9.58. The average Bonchev–Trinajstić information content (AvgIpc) is 2.82. The zero-order chi connectivity index (χ0) is 13.2. The Morgan fingerprint density at radius 2 is 1.74 bits per heavy atom. The molecule has 1 saturated heterocycles. The van der Waals surface area contributed by atoms with Crippen LogP contribution in [-0.2, 0) is 9.59 Å². The van der Waals surface area contributed by atoms with Crippen LogP contribution >= 0.6 is 11.8 Å². The molecule has 1 amide bonds. The summed E-state index contributed by atoms with van der Waals surface area (Å²) in [5.41, 5.74) is 1.71. The third-order valence-corrected chi connectivity index (χ3v) is 4.57. The number of ketones is 1. The summed E-state index contributed by atoms with van der Waals surface area (Å²) >= 11 is 1.50. The van der Waals surface area contributed by atoms with Crippen LogP contribution in [0.5, 0.6) is 0 Å². The lowest BCUT2D eigenvalue weighted by Gasteiger charge is -2.22. The van der Waals surface area contributed by atoms with E-state index in [4.69, 9.17) is 0 Å². The van der Waals surface area contributed by atoms with Crippen molar-refractivity contribution in [1.29, 1.82) is 0 Å². The van der Waals surface area contributed by atoms with Crippen LogP contribution in [0, 0.1) is 0 Å². The highest BCUT2D eigenvalue weighted by atomic mass is 32.2. The molecule has 3 rings (SSSR count). The van der Waals surface area contributed by atoms with Gasteiger partial charge in [0.2, 0.25) is 5.91 Å². The first-order valence-corrected chi connectivity index (χ1v) is 7.53. The molecule has 0 aromatic heterocycles. The van der Waals surface area contributed by atoms with Crippen LogP contribution < -0.4 is 4.90 Å². The number of hydrogen-bond acceptors (Lipinski definition) is 3. The maximum atomic E-state index is 12.1. The first-order chi connectivity index (χ1) is 9.27. The third kappa shape index (κ3) is 2.32. The van der Waals surface area contributed by atoms with Gasteiger partial charge in [-0.1, -0.05) is 30.0 Å². The highest BCUT2D eigenvalue weighted by Crippen LogP contribution is 2.38. The summed E-state index contributed by atoms with van der Waals surface area (Å²) in [5.74, 6) is 0.711. The van der Waals surface area contributed by atoms with Crippen LogP contribution in [0.1, 0.15) is 25.7 Å². The van der Waals surface area contributed by atoms with Gasteiger partial charge in [-0.3, -0.25) is 14.5 Å². The number of benzene rings is 1. The number of carbonyl (C=O) groups is 2. The van der Waals surface area contributed by atoms with Gasteiger partial charge in [0.25, 0.3) is 0 Å². The van der Waals surface area contributed by atoms with Gasteiger partial charge < -0.3 is 0 Å². The van der Waals surface area contributed by atoms with E-state index in [0.717, 1.165) is 35.6 Å². The molecule has 0 spiro atoms. The fraction of sp³-hybridized carbons (Fsp3) is 0.333. The molecule has 1 heterocycles. The quantitative estimate of drug-likeness (QED) is 0.738. The number of hydrogen-bond donors (Lipinski definition) is 0. The van der Waals surface area contributed by atoms with Gasteiger partial charge in [-0.25, -0.2) is 0 Å². The lowest BCUT2D eigenvalue weighted by molar-refractivity contribution is -0.116. The van der Waals surface area contributed by atoms with Crippen LogP contribution in [0.3, 0.4) is 0 Å². The minimum absolute atomic E-state index is 0.0667. The molecular weight excluding hydrogens is 258 g/mol. The SMILES string of the molecule is O=C1CCCCC1=C1SCC(=O)N1c1ccccc1. The Morgan fingerprint density at radius 3 is 2.47 bits per heavy atom. The Labute approximate surface area is 116 Å². The summed E-state index contributed by atoms with van der Waals surface area (Å²) < 4.78 is 0. The van der Waals surface area contributed by atoms with Gasteiger partial charge >= 0.3 is 0 Å². The van der Waals surface area contributed by atoms with Gasteiger partial charge in [0.15, 0.2) is 5.78 Å². The molecule has 0 N–H and O–H groups in total. The molecule has 1 saturated carbocycles. The average molecular weight is 273 g/mol. The number of anilines is 1. The minimum atomic E-state index is 0.0667. The molecule has 1 aromatic carbocycles. The predicted molar refractivity (Wildman–Crippen MR) is 76.9 cm³/mol. The van der Waals surface area contributed by atoms with Crippen LogP contribution in [0.15, 0.2) is 40.9 Å². The van der Waals surface area contributed by atoms with Crippen molar-refractivity contribution in [2.45, 2.75) is 25.7 Å². The van der Waals surface area contributed by atoms with E-state index in [-0.39, 0.29) is 11.7 Å². The van der Waals surface area contributed by atoms with E-state index in [9.17, 15) is 9.59 Å². The van der Waals surface area contributed by atoms with E-state index in [1.54, 1.807) is 4.90 Å². The molecule has 0 bridgehead atoms. The van der Waals surface area contributed by atoms with E-state index < -0.39 is 0 Å². The molecule has 1 aromatic rings. The number of allylic oxidation sites excluding steroid dienone is 1. The Hall–Kier alpha value is -1.55. The van der Waals surface area contributed by atoms with Gasteiger partial charge in [-0.05, 0) is 31.4 Å². The first-order valence-electron chi connectivity index (χ1n) is 6.54. The van der Waals surface area contributed by atoms with Crippen LogP contribution in [0.2, 0.25) is 0 Å². The van der Waals surface area contributed by atoms with Crippen molar-refractivity contribution in [1.82, 2.24) is 0 Å². The molecule has 1 aliphatic heterocycles. The van der Waals surface area contributed by atoms with Crippen molar-refractivity contribution in [3.05, 3.63) is 40.9 Å². The number of para-hydroxylation sites is 1. The number of rotatable bonds is 1. The number of carbonyl (C=O) groups excluding carboxylic acids is 2. The van der Waals surface area contributed by atoms with Gasteiger partial charge in [0.1, 0.15) is 0 Å². The molecule has 19 heavy (non-hydrogen) atoms. The smallest absolute Gasteiger partial charge is 0.242 e. The largest absolute Gasteiger partial charge is 0.294 e. The summed E-state index contributed by atoms with van der Waals surface area (Å²) in [7, 11) is 0. The number of nitrogens with zero attached hydrogens (tertiary/aromatic N) is 1. The third-order valence-electron chi connectivity index (χ3n) is 3.47. The summed E-state index contributed by atoms with van der Waals surface area (Å²) in [5, 5.41) is 0.862. The number of amides is 1. The Morgan fingerprint density at radius 1 is 1.00 bits per heavy atom. The molecule has 98 valence electrons. The van der Waals surface area contributed by atoms with Gasteiger partial charge in [0, 0.05) is 17.7 Å². The minimum Gasteiger partial charge on any atom is -0.294 e. The molecule has 0 unspecified atom stereocenters.